The van der Waals surface area contributed by atoms with Gasteiger partial charge in [0, 0.05) is 30.7 Å². The third kappa shape index (κ3) is 14.9. The number of benzene rings is 3. The average Bonchev–Trinajstić information content (AvgIpc) is 0.673. The number of aromatic hydroxyl groups is 1. The number of carbonyl (C=O) groups is 5. The van der Waals surface area contributed by atoms with Crippen molar-refractivity contribution >= 4 is 29.8 Å². The summed E-state index contributed by atoms with van der Waals surface area (Å²) in [5.41, 5.74) is -3.91. The topological polar surface area (TPSA) is 254 Å². The Labute approximate surface area is 528 Å². The zero-order valence-electron chi connectivity index (χ0n) is 55.8. The van der Waals surface area contributed by atoms with Crippen molar-refractivity contribution < 1.29 is 77.9 Å². The third-order valence-corrected chi connectivity index (χ3v) is 20.4. The largest absolute Gasteiger partial charge is 0.507 e. The fraction of sp³-hybridized carbons (Fsp3) is 0.653. The van der Waals surface area contributed by atoms with Crippen molar-refractivity contribution in [1.29, 1.82) is 0 Å². The van der Waals surface area contributed by atoms with E-state index in [9.17, 15) is 49.5 Å². The number of aliphatic hydroxyl groups is 4. The molecule has 17 nitrogen and oxygen atoms in total. The van der Waals surface area contributed by atoms with Gasteiger partial charge in [0.25, 0.3) is 0 Å². The van der Waals surface area contributed by atoms with Crippen LogP contribution in [0.4, 0.5) is 4.79 Å². The monoisotopic (exact) mass is 1240 g/mol. The van der Waals surface area contributed by atoms with Crippen LogP contribution in [0.25, 0.3) is 0 Å². The van der Waals surface area contributed by atoms with Gasteiger partial charge in [0.15, 0.2) is 17.5 Å². The average molecular weight is 1240 g/mol. The summed E-state index contributed by atoms with van der Waals surface area (Å²) in [6.07, 6.45) is 2.57. The van der Waals surface area contributed by atoms with Crippen molar-refractivity contribution in [3.05, 3.63) is 105 Å². The zero-order valence-corrected chi connectivity index (χ0v) is 55.8. The van der Waals surface area contributed by atoms with Crippen LogP contribution in [0.15, 0.2) is 71.8 Å². The summed E-state index contributed by atoms with van der Waals surface area (Å²) >= 11 is 0. The molecule has 1 amide bonds. The van der Waals surface area contributed by atoms with Crippen LogP contribution in [0.1, 0.15) is 211 Å². The minimum atomic E-state index is -2.35. The van der Waals surface area contributed by atoms with Crippen LogP contribution in [0, 0.1) is 55.3 Å². The van der Waals surface area contributed by atoms with Gasteiger partial charge in [-0.15, -0.1) is 0 Å². The molecule has 0 spiro atoms. The van der Waals surface area contributed by atoms with Crippen LogP contribution in [0.2, 0.25) is 0 Å². The highest BCUT2D eigenvalue weighted by atomic mass is 16.6. The first-order valence-corrected chi connectivity index (χ1v) is 32.4. The van der Waals surface area contributed by atoms with Gasteiger partial charge in [-0.25, -0.2) is 14.4 Å². The van der Waals surface area contributed by atoms with E-state index in [-0.39, 0.29) is 35.3 Å². The van der Waals surface area contributed by atoms with E-state index in [1.54, 1.807) is 83.1 Å². The van der Waals surface area contributed by atoms with Gasteiger partial charge in [-0.05, 0) is 151 Å². The third-order valence-electron chi connectivity index (χ3n) is 20.4. The fourth-order valence-corrected chi connectivity index (χ4v) is 14.8. The smallest absolute Gasteiger partial charge is 0.408 e. The lowest BCUT2D eigenvalue weighted by Crippen LogP contribution is -2.81. The van der Waals surface area contributed by atoms with Crippen LogP contribution in [0.3, 0.4) is 0 Å². The number of Topliss-reactive ketones (excluding diaryl/α,β-unsaturated/α-hetero) is 1. The molecule has 5 aliphatic rings. The fourth-order valence-electron chi connectivity index (χ4n) is 14.8. The molecular formula is C72H103NO16. The van der Waals surface area contributed by atoms with Crippen molar-refractivity contribution in [2.75, 3.05) is 6.61 Å². The molecule has 8 rings (SSSR count). The lowest BCUT2D eigenvalue weighted by atomic mass is 9.44. The first-order valence-electron chi connectivity index (χ1n) is 32.4. The van der Waals surface area contributed by atoms with E-state index in [0.717, 1.165) is 66.4 Å². The van der Waals surface area contributed by atoms with Gasteiger partial charge in [-0.1, -0.05) is 135 Å². The minimum absolute atomic E-state index is 0.0637. The molecule has 3 fully saturated rings. The van der Waals surface area contributed by atoms with E-state index < -0.39 is 112 Å². The second kappa shape index (κ2) is 27.9. The number of phenolic OH excluding ortho intramolecular Hbond substituents is 1. The molecule has 0 radical (unpaired) electrons. The van der Waals surface area contributed by atoms with Gasteiger partial charge < -0.3 is 59.3 Å². The number of ether oxygens (including phenoxy) is 6. The summed E-state index contributed by atoms with van der Waals surface area (Å²) in [5, 5.41) is 62.0. The Kier molecular flexibility index (Phi) is 22.2. The molecule has 0 unspecified atom stereocenters. The Morgan fingerprint density at radius 3 is 1.94 bits per heavy atom. The van der Waals surface area contributed by atoms with Gasteiger partial charge >= 0.3 is 24.0 Å². The van der Waals surface area contributed by atoms with E-state index >= 15 is 0 Å². The molecule has 3 aromatic rings. The number of ketones is 1. The Hall–Kier alpha value is -5.85. The van der Waals surface area contributed by atoms with Gasteiger partial charge in [0.2, 0.25) is 0 Å². The number of alkyl carbamates (subject to hydrolysis) is 1. The summed E-state index contributed by atoms with van der Waals surface area (Å²) in [5.74, 6) is -1.33. The first kappa shape index (κ1) is 70.6. The molecule has 17 heteroatoms. The number of esters is 3. The number of hydrogen-bond donors (Lipinski definition) is 6. The number of rotatable bonds is 20. The number of hydrogen-bond acceptors (Lipinski definition) is 16. The molecule has 0 aromatic heterocycles. The zero-order chi connectivity index (χ0) is 65.9. The summed E-state index contributed by atoms with van der Waals surface area (Å²) in [4.78, 5) is 68.9. The van der Waals surface area contributed by atoms with Crippen molar-refractivity contribution in [3.63, 3.8) is 0 Å². The van der Waals surface area contributed by atoms with Crippen LogP contribution in [-0.2, 0) is 44.5 Å². The van der Waals surface area contributed by atoms with Gasteiger partial charge in [-0.3, -0.25) is 9.59 Å². The number of carbonyl (C=O) groups excluding carboxylic acids is 5. The summed E-state index contributed by atoms with van der Waals surface area (Å²) < 4.78 is 36.1. The van der Waals surface area contributed by atoms with Crippen LogP contribution >= 0.6 is 0 Å². The molecule has 1 saturated heterocycles. The molecule has 89 heavy (non-hydrogen) atoms. The maximum absolute atomic E-state index is 14.9. The highest BCUT2D eigenvalue weighted by Gasteiger charge is 2.78. The Morgan fingerprint density at radius 1 is 0.798 bits per heavy atom. The van der Waals surface area contributed by atoms with Crippen molar-refractivity contribution in [2.45, 2.75) is 259 Å². The SMILES string of the molecule is CC(=O)O[C@@]12CO[C@@H]1C[C@H](O)[C@@]1(C)C(=O)[C@H](O)C3=C(C)[C@@H](OC(=O)[C@H](O)[C@@H](NC(=O)OC(C)(C)C)c4ccccc4)C[C@@](O)([C@@H](OC(=O)c4ccccc4)[C@H]21)C3(C)C.Cc1c(C)c2c(c(C)c1O)CC[C@@](C)(CCC[C@H](C)CCC[C@H](C)CCCC(C)C)O2. The Morgan fingerprint density at radius 2 is 1.38 bits per heavy atom. The maximum atomic E-state index is 14.9. The number of phenols is 1. The molecule has 2 aliphatic heterocycles. The lowest BCUT2D eigenvalue weighted by Gasteiger charge is -2.67. The highest BCUT2D eigenvalue weighted by molar-refractivity contribution is 5.94. The van der Waals surface area contributed by atoms with E-state index in [1.807, 2.05) is 13.8 Å². The Bertz CT molecular complexity index is 3040. The second-order valence-corrected chi connectivity index (χ2v) is 29.0. The summed E-state index contributed by atoms with van der Waals surface area (Å²) in [7, 11) is 0. The number of fused-ring (bicyclic) bond motifs is 6. The lowest BCUT2D eigenvalue weighted by molar-refractivity contribution is -0.346. The normalized spacial score (nSPS) is 29.1. The van der Waals surface area contributed by atoms with Crippen LogP contribution in [0.5, 0.6) is 11.5 Å². The van der Waals surface area contributed by atoms with E-state index in [2.05, 4.69) is 46.9 Å². The molecule has 14 atom stereocenters. The molecule has 3 aliphatic carbocycles. The molecule has 492 valence electrons. The minimum Gasteiger partial charge on any atom is -0.507 e. The standard InChI is InChI=1S/C43H53NO14.C29H50O2/c1-22-26(55-37(51)32(48)30(24-15-11-9-12-16-24)44-38(52)58-39(3,4)5)20-43(53)35(56-36(50)25-17-13-10-14-18-25)33-41(8,34(49)31(47)29(22)40(43,6)7)27(46)19-28-42(33,21-54-28)57-23(2)45;1-20(2)12-9-13-21(3)14-10-15-22(4)16-11-18-29(8)19-17-26-25(7)27(30)23(5)24(6)28(26)31-29/h9-18,26-28,30-33,35,46-48,53H,19-21H2,1-8H3,(H,44,52);20-22,30H,9-19H2,1-8H3/t26-,27-,28+,30-,31+,32+,33-,35-,41+,42-,43+;21-,22-,29-/m01/s1. The summed E-state index contributed by atoms with van der Waals surface area (Å²) in [6.45, 7) is 29.7. The summed E-state index contributed by atoms with van der Waals surface area (Å²) in [6, 6.07) is 14.6. The molecule has 3 aromatic carbocycles. The Balaban J connectivity index is 0.000000307. The number of nitrogens with one attached hydrogen (secondary N) is 1. The van der Waals surface area contributed by atoms with Gasteiger partial charge in [-0.2, -0.15) is 0 Å². The van der Waals surface area contributed by atoms with Crippen molar-refractivity contribution in [2.24, 2.45) is 34.5 Å². The van der Waals surface area contributed by atoms with Crippen molar-refractivity contribution in [1.82, 2.24) is 5.32 Å². The van der Waals surface area contributed by atoms with Gasteiger partial charge in [0.1, 0.15) is 52.7 Å². The van der Waals surface area contributed by atoms with Crippen LogP contribution < -0.4 is 10.1 Å². The second-order valence-electron chi connectivity index (χ2n) is 29.0. The molecule has 2 saturated carbocycles. The maximum Gasteiger partial charge on any atom is 0.408 e. The van der Waals surface area contributed by atoms with E-state index in [4.69, 9.17) is 28.4 Å². The van der Waals surface area contributed by atoms with Gasteiger partial charge in [0.05, 0.1) is 35.6 Å². The van der Waals surface area contributed by atoms with E-state index in [0.29, 0.717) is 11.3 Å². The predicted octanol–water partition coefficient (Wildman–Crippen LogP) is 12.1. The van der Waals surface area contributed by atoms with E-state index in [1.165, 1.54) is 82.9 Å². The molecule has 2 heterocycles. The first-order chi connectivity index (χ1) is 41.5. The molecule has 6 N–H and O–H groups in total. The molecule has 2 bridgehead atoms. The highest BCUT2D eigenvalue weighted by Crippen LogP contribution is 2.64. The predicted molar refractivity (Wildman–Crippen MR) is 338 cm³/mol. The van der Waals surface area contributed by atoms with Crippen molar-refractivity contribution in [3.8, 4) is 11.5 Å². The molecular weight excluding hydrogens is 1130 g/mol. The van der Waals surface area contributed by atoms with Crippen LogP contribution in [-0.4, -0.2) is 121 Å². The quantitative estimate of drug-likeness (QED) is 0.0349. The number of amides is 1. The number of aliphatic hydroxyl groups excluding tert-OH is 3.